The fourth-order valence-corrected chi connectivity index (χ4v) is 8.56. The average Bonchev–Trinajstić information content (AvgIpc) is 3.28. The summed E-state index contributed by atoms with van der Waals surface area (Å²) in [4.78, 5) is 25.4. The van der Waals surface area contributed by atoms with E-state index in [1.165, 1.54) is 18.6 Å². The van der Waals surface area contributed by atoms with Crippen LogP contribution < -0.4 is 0 Å². The molecule has 0 aromatic carbocycles. The van der Waals surface area contributed by atoms with E-state index >= 15 is 8.78 Å². The number of carbonyl (C=O) groups excluding carboxylic acids is 2. The number of hydrogen-bond acceptors (Lipinski definition) is 6. The molecular weight excluding hydrogens is 470 g/mol. The SMILES string of the molecule is C[C@]12C=CC(=O)C=C1[C@@H](F)C[C@H]1[C@@H]3C[C@H]4O[C@@H](/C=C/C5CCC5)O[C@@]4(C(=O)CO)[C@@]3(C)C[C@H](O)[C@@]12F. The maximum atomic E-state index is 17.3. The molecule has 0 unspecified atom stereocenters. The van der Waals surface area contributed by atoms with E-state index in [1.807, 2.05) is 12.2 Å². The van der Waals surface area contributed by atoms with Crippen molar-refractivity contribution >= 4 is 11.6 Å². The van der Waals surface area contributed by atoms with Gasteiger partial charge < -0.3 is 19.7 Å². The monoisotopic (exact) mass is 504 g/mol. The molecule has 0 aromatic heterocycles. The summed E-state index contributed by atoms with van der Waals surface area (Å²) in [6.45, 7) is 2.56. The van der Waals surface area contributed by atoms with Gasteiger partial charge >= 0.3 is 0 Å². The fraction of sp³-hybridized carbons (Fsp3) is 0.714. The number of allylic oxidation sites excluding steroid dienone is 5. The van der Waals surface area contributed by atoms with Crippen molar-refractivity contribution in [2.24, 2.45) is 28.6 Å². The normalized spacial score (nSPS) is 51.8. The van der Waals surface area contributed by atoms with E-state index < -0.39 is 76.8 Å². The summed E-state index contributed by atoms with van der Waals surface area (Å²) in [5.74, 6) is -1.97. The van der Waals surface area contributed by atoms with Crippen molar-refractivity contribution in [1.82, 2.24) is 0 Å². The van der Waals surface area contributed by atoms with Gasteiger partial charge in [-0.15, -0.1) is 0 Å². The summed E-state index contributed by atoms with van der Waals surface area (Å²) in [7, 11) is 0. The lowest BCUT2D eigenvalue weighted by Gasteiger charge is -2.63. The van der Waals surface area contributed by atoms with E-state index in [4.69, 9.17) is 9.47 Å². The van der Waals surface area contributed by atoms with Crippen molar-refractivity contribution < 1.29 is 38.1 Å². The second kappa shape index (κ2) is 7.88. The van der Waals surface area contributed by atoms with Crippen molar-refractivity contribution in [1.29, 1.82) is 0 Å². The number of ether oxygens (including phenoxy) is 2. The van der Waals surface area contributed by atoms with Gasteiger partial charge in [-0.2, -0.15) is 0 Å². The molecule has 0 amide bonds. The van der Waals surface area contributed by atoms with Gasteiger partial charge in [-0.1, -0.05) is 25.5 Å². The number of aliphatic hydroxyl groups is 2. The Morgan fingerprint density at radius 2 is 1.97 bits per heavy atom. The molecule has 6 aliphatic rings. The Morgan fingerprint density at radius 3 is 2.64 bits per heavy atom. The van der Waals surface area contributed by atoms with E-state index in [9.17, 15) is 19.8 Å². The number of rotatable bonds is 4. The van der Waals surface area contributed by atoms with Crippen LogP contribution in [0.4, 0.5) is 8.78 Å². The Labute approximate surface area is 209 Å². The maximum Gasteiger partial charge on any atom is 0.193 e. The van der Waals surface area contributed by atoms with Crippen LogP contribution in [0.5, 0.6) is 0 Å². The van der Waals surface area contributed by atoms with Gasteiger partial charge in [-0.05, 0) is 74.7 Å². The molecular formula is C28H34F2O6. The van der Waals surface area contributed by atoms with E-state index in [1.54, 1.807) is 13.8 Å². The van der Waals surface area contributed by atoms with E-state index in [-0.39, 0.29) is 24.8 Å². The predicted molar refractivity (Wildman–Crippen MR) is 125 cm³/mol. The number of aliphatic hydroxyl groups excluding tert-OH is 2. The highest BCUT2D eigenvalue weighted by Gasteiger charge is 2.79. The van der Waals surface area contributed by atoms with Crippen LogP contribution in [0.3, 0.4) is 0 Å². The van der Waals surface area contributed by atoms with E-state index in [0.717, 1.165) is 18.9 Å². The average molecular weight is 505 g/mol. The lowest BCUT2D eigenvalue weighted by atomic mass is 9.44. The largest absolute Gasteiger partial charge is 0.390 e. The standard InChI is InChI=1S/C28H34F2O6/c1-25-9-8-16(32)10-19(25)20(29)11-18-17-12-23-28(22(34)14-31,26(17,2)13-21(33)27(18,25)30)36-24(35-23)7-6-15-4-3-5-15/h6-10,15,17-18,20-21,23-24,31,33H,3-5,11-14H2,1-2H3/b7-6+/t17-,18-,20-,21-,23+,24+,25-,26-,27-,28+/m0/s1. The smallest absolute Gasteiger partial charge is 0.193 e. The molecule has 196 valence electrons. The molecule has 2 N–H and O–H groups in total. The molecule has 6 rings (SSSR count). The Bertz CT molecular complexity index is 1080. The van der Waals surface area contributed by atoms with Crippen LogP contribution in [-0.4, -0.2) is 64.3 Å². The first kappa shape index (κ1) is 24.6. The van der Waals surface area contributed by atoms with E-state index in [0.29, 0.717) is 5.92 Å². The molecule has 36 heavy (non-hydrogen) atoms. The zero-order valence-corrected chi connectivity index (χ0v) is 20.7. The van der Waals surface area contributed by atoms with Crippen LogP contribution >= 0.6 is 0 Å². The van der Waals surface area contributed by atoms with Gasteiger partial charge in [0.05, 0.1) is 12.2 Å². The van der Waals surface area contributed by atoms with Crippen molar-refractivity contribution in [2.75, 3.05) is 6.61 Å². The summed E-state index contributed by atoms with van der Waals surface area (Å²) in [5, 5.41) is 21.4. The number of Topliss-reactive ketones (excluding diaryl/α,β-unsaturated/α-hetero) is 1. The molecule has 4 saturated carbocycles. The van der Waals surface area contributed by atoms with Crippen molar-refractivity contribution in [3.63, 3.8) is 0 Å². The number of fused-ring (bicyclic) bond motifs is 7. The predicted octanol–water partition coefficient (Wildman–Crippen LogP) is 3.31. The second-order valence-corrected chi connectivity index (χ2v) is 12.1. The van der Waals surface area contributed by atoms with Crippen LogP contribution in [0.1, 0.15) is 52.4 Å². The number of halogens is 2. The third kappa shape index (κ3) is 2.85. The molecule has 1 saturated heterocycles. The molecule has 5 aliphatic carbocycles. The Kier molecular flexibility index (Phi) is 5.38. The molecule has 0 spiro atoms. The van der Waals surface area contributed by atoms with Crippen LogP contribution in [0, 0.1) is 28.6 Å². The Balaban J connectivity index is 1.40. The van der Waals surface area contributed by atoms with Gasteiger partial charge in [-0.3, -0.25) is 9.59 Å². The highest BCUT2D eigenvalue weighted by molar-refractivity contribution is 6.01. The zero-order chi connectivity index (χ0) is 25.7. The number of carbonyl (C=O) groups is 2. The molecule has 0 radical (unpaired) electrons. The lowest BCUT2D eigenvalue weighted by Crippen LogP contribution is -2.70. The molecule has 0 aromatic rings. The molecule has 0 bridgehead atoms. The lowest BCUT2D eigenvalue weighted by molar-refractivity contribution is -0.230. The Morgan fingerprint density at radius 1 is 1.22 bits per heavy atom. The third-order valence-corrected chi connectivity index (χ3v) is 10.6. The first-order valence-corrected chi connectivity index (χ1v) is 13.1. The molecule has 6 nitrogen and oxygen atoms in total. The van der Waals surface area contributed by atoms with Crippen molar-refractivity contribution in [3.8, 4) is 0 Å². The summed E-state index contributed by atoms with van der Waals surface area (Å²) in [6.07, 6.45) is 6.32. The maximum absolute atomic E-state index is 17.3. The quantitative estimate of drug-likeness (QED) is 0.571. The number of ketones is 2. The molecule has 1 aliphatic heterocycles. The van der Waals surface area contributed by atoms with Crippen LogP contribution in [0.2, 0.25) is 0 Å². The Hall–Kier alpha value is -1.74. The first-order chi connectivity index (χ1) is 17.0. The van der Waals surface area contributed by atoms with Crippen molar-refractivity contribution in [3.05, 3.63) is 36.0 Å². The summed E-state index contributed by atoms with van der Waals surface area (Å²) in [5.41, 5.74) is -6.32. The van der Waals surface area contributed by atoms with Gasteiger partial charge in [0.1, 0.15) is 12.8 Å². The zero-order valence-electron chi connectivity index (χ0n) is 20.7. The first-order valence-electron chi connectivity index (χ1n) is 13.1. The van der Waals surface area contributed by atoms with Crippen LogP contribution in [-0.2, 0) is 19.1 Å². The molecule has 10 atom stereocenters. The molecule has 1 heterocycles. The minimum atomic E-state index is -2.24. The highest BCUT2D eigenvalue weighted by atomic mass is 19.1. The van der Waals surface area contributed by atoms with Crippen LogP contribution in [0.25, 0.3) is 0 Å². The number of hydrogen-bond donors (Lipinski definition) is 2. The molecule has 8 heteroatoms. The topological polar surface area (TPSA) is 93.1 Å². The van der Waals surface area contributed by atoms with Gasteiger partial charge in [0, 0.05) is 16.7 Å². The summed E-state index contributed by atoms with van der Waals surface area (Å²) >= 11 is 0. The number of alkyl halides is 2. The molecule has 5 fully saturated rings. The summed E-state index contributed by atoms with van der Waals surface area (Å²) < 4.78 is 45.4. The third-order valence-electron chi connectivity index (χ3n) is 10.6. The van der Waals surface area contributed by atoms with Gasteiger partial charge in [-0.25, -0.2) is 8.78 Å². The summed E-state index contributed by atoms with van der Waals surface area (Å²) in [6, 6.07) is 0. The minimum Gasteiger partial charge on any atom is -0.390 e. The highest BCUT2D eigenvalue weighted by Crippen LogP contribution is 2.72. The van der Waals surface area contributed by atoms with Crippen molar-refractivity contribution in [2.45, 2.75) is 88.3 Å². The minimum absolute atomic E-state index is 0.0597. The van der Waals surface area contributed by atoms with Crippen LogP contribution in [0.15, 0.2) is 36.0 Å². The van der Waals surface area contributed by atoms with Gasteiger partial charge in [0.15, 0.2) is 29.1 Å². The second-order valence-electron chi connectivity index (χ2n) is 12.1. The van der Waals surface area contributed by atoms with Gasteiger partial charge in [0.25, 0.3) is 0 Å². The van der Waals surface area contributed by atoms with Gasteiger partial charge in [0.2, 0.25) is 0 Å². The van der Waals surface area contributed by atoms with E-state index in [2.05, 4.69) is 0 Å². The fourth-order valence-electron chi connectivity index (χ4n) is 8.56.